The highest BCUT2D eigenvalue weighted by molar-refractivity contribution is 6.35. The third kappa shape index (κ3) is 5.25. The SMILES string of the molecule is CCCCC(=O)Oc1ccc(C(=O)Nc2cc(Cl)ccc2Cl)cc1. The first-order chi connectivity index (χ1) is 11.5. The van der Waals surface area contributed by atoms with E-state index in [-0.39, 0.29) is 11.9 Å². The number of esters is 1. The number of hydrogen-bond donors (Lipinski definition) is 1. The Bertz CT molecular complexity index is 730. The molecule has 0 bridgehead atoms. The quantitative estimate of drug-likeness (QED) is 0.555. The minimum absolute atomic E-state index is 0.278. The van der Waals surface area contributed by atoms with Gasteiger partial charge in [0.05, 0.1) is 10.7 Å². The van der Waals surface area contributed by atoms with Gasteiger partial charge in [-0.25, -0.2) is 0 Å². The first-order valence-electron chi connectivity index (χ1n) is 7.56. The van der Waals surface area contributed by atoms with Crippen LogP contribution < -0.4 is 10.1 Å². The number of anilines is 1. The molecule has 0 heterocycles. The number of rotatable bonds is 6. The van der Waals surface area contributed by atoms with E-state index in [0.717, 1.165) is 12.8 Å². The molecule has 2 aromatic rings. The highest BCUT2D eigenvalue weighted by Crippen LogP contribution is 2.26. The van der Waals surface area contributed by atoms with Crippen molar-refractivity contribution in [1.29, 1.82) is 0 Å². The molecule has 0 saturated carbocycles. The highest BCUT2D eigenvalue weighted by Gasteiger charge is 2.10. The lowest BCUT2D eigenvalue weighted by molar-refractivity contribution is -0.134. The Kier molecular flexibility index (Phi) is 6.64. The van der Waals surface area contributed by atoms with Crippen molar-refractivity contribution in [1.82, 2.24) is 0 Å². The van der Waals surface area contributed by atoms with Crippen molar-refractivity contribution in [3.8, 4) is 5.75 Å². The van der Waals surface area contributed by atoms with E-state index < -0.39 is 0 Å². The number of unbranched alkanes of at least 4 members (excludes halogenated alkanes) is 1. The van der Waals surface area contributed by atoms with Gasteiger partial charge in [0, 0.05) is 17.0 Å². The van der Waals surface area contributed by atoms with E-state index in [2.05, 4.69) is 5.32 Å². The van der Waals surface area contributed by atoms with Crippen molar-refractivity contribution in [2.75, 3.05) is 5.32 Å². The average molecular weight is 366 g/mol. The fourth-order valence-electron chi connectivity index (χ4n) is 1.97. The maximum absolute atomic E-state index is 12.2. The van der Waals surface area contributed by atoms with E-state index in [4.69, 9.17) is 27.9 Å². The van der Waals surface area contributed by atoms with Crippen LogP contribution in [-0.2, 0) is 4.79 Å². The van der Waals surface area contributed by atoms with Gasteiger partial charge in [0.15, 0.2) is 0 Å². The van der Waals surface area contributed by atoms with Crippen LogP contribution in [0.3, 0.4) is 0 Å². The predicted molar refractivity (Wildman–Crippen MR) is 96.0 cm³/mol. The second-order valence-electron chi connectivity index (χ2n) is 5.18. The summed E-state index contributed by atoms with van der Waals surface area (Å²) >= 11 is 11.9. The summed E-state index contributed by atoms with van der Waals surface area (Å²) in [5.74, 6) is -0.198. The smallest absolute Gasteiger partial charge is 0.311 e. The molecule has 0 unspecified atom stereocenters. The Morgan fingerprint density at radius 3 is 2.46 bits per heavy atom. The van der Waals surface area contributed by atoms with E-state index in [1.165, 1.54) is 0 Å². The van der Waals surface area contributed by atoms with E-state index in [0.29, 0.717) is 33.5 Å². The number of ether oxygens (including phenoxy) is 1. The van der Waals surface area contributed by atoms with Crippen LogP contribution >= 0.6 is 23.2 Å². The summed E-state index contributed by atoms with van der Waals surface area (Å²) in [4.78, 5) is 23.8. The lowest BCUT2D eigenvalue weighted by atomic mass is 10.2. The first-order valence-corrected chi connectivity index (χ1v) is 8.32. The van der Waals surface area contributed by atoms with Gasteiger partial charge < -0.3 is 10.1 Å². The van der Waals surface area contributed by atoms with Gasteiger partial charge in [-0.05, 0) is 48.9 Å². The van der Waals surface area contributed by atoms with Crippen LogP contribution in [0.5, 0.6) is 5.75 Å². The van der Waals surface area contributed by atoms with Crippen molar-refractivity contribution in [3.05, 3.63) is 58.1 Å². The second kappa shape index (κ2) is 8.71. The van der Waals surface area contributed by atoms with Gasteiger partial charge in [0.2, 0.25) is 0 Å². The van der Waals surface area contributed by atoms with Gasteiger partial charge in [0.1, 0.15) is 5.75 Å². The van der Waals surface area contributed by atoms with Crippen molar-refractivity contribution in [2.24, 2.45) is 0 Å². The van der Waals surface area contributed by atoms with Crippen LogP contribution in [0.1, 0.15) is 36.5 Å². The van der Waals surface area contributed by atoms with Crippen LogP contribution in [0, 0.1) is 0 Å². The van der Waals surface area contributed by atoms with Crippen LogP contribution in [0.2, 0.25) is 10.0 Å². The van der Waals surface area contributed by atoms with Crippen molar-refractivity contribution >= 4 is 40.8 Å². The average Bonchev–Trinajstić information content (AvgIpc) is 2.57. The third-order valence-electron chi connectivity index (χ3n) is 3.26. The molecule has 1 amide bonds. The summed E-state index contributed by atoms with van der Waals surface area (Å²) in [6.45, 7) is 2.01. The number of carbonyl (C=O) groups excluding carboxylic acids is 2. The van der Waals surface area contributed by atoms with Gasteiger partial charge in [-0.2, -0.15) is 0 Å². The summed E-state index contributed by atoms with van der Waals surface area (Å²) in [6.07, 6.45) is 2.10. The minimum atomic E-state index is -0.331. The molecule has 4 nitrogen and oxygen atoms in total. The van der Waals surface area contributed by atoms with E-state index >= 15 is 0 Å². The summed E-state index contributed by atoms with van der Waals surface area (Å²) in [5.41, 5.74) is 0.851. The van der Waals surface area contributed by atoms with Crippen molar-refractivity contribution in [3.63, 3.8) is 0 Å². The Labute approximate surface area is 150 Å². The zero-order valence-electron chi connectivity index (χ0n) is 13.1. The summed E-state index contributed by atoms with van der Waals surface area (Å²) in [7, 11) is 0. The molecule has 126 valence electrons. The maximum atomic E-state index is 12.2. The number of carbonyl (C=O) groups is 2. The standard InChI is InChI=1S/C18H17Cl2NO3/c1-2-3-4-17(22)24-14-8-5-12(6-9-14)18(23)21-16-11-13(19)7-10-15(16)20/h5-11H,2-4H2,1H3,(H,21,23). The molecular weight excluding hydrogens is 349 g/mol. The Hall–Kier alpha value is -2.04. The van der Waals surface area contributed by atoms with Crippen LogP contribution in [0.4, 0.5) is 5.69 Å². The molecular formula is C18H17Cl2NO3. The molecule has 0 aromatic heterocycles. The molecule has 0 radical (unpaired) electrons. The lowest BCUT2D eigenvalue weighted by Gasteiger charge is -2.08. The number of hydrogen-bond acceptors (Lipinski definition) is 3. The number of benzene rings is 2. The highest BCUT2D eigenvalue weighted by atomic mass is 35.5. The molecule has 0 saturated heterocycles. The molecule has 0 aliphatic rings. The van der Waals surface area contributed by atoms with E-state index in [1.807, 2.05) is 6.92 Å². The summed E-state index contributed by atoms with van der Waals surface area (Å²) in [5, 5.41) is 3.57. The normalized spacial score (nSPS) is 10.3. The van der Waals surface area contributed by atoms with Gasteiger partial charge in [-0.3, -0.25) is 9.59 Å². The Balaban J connectivity index is 2.00. The fraction of sp³-hybridized carbons (Fsp3) is 0.222. The number of amides is 1. The topological polar surface area (TPSA) is 55.4 Å². The second-order valence-corrected chi connectivity index (χ2v) is 6.02. The Morgan fingerprint density at radius 2 is 1.79 bits per heavy atom. The largest absolute Gasteiger partial charge is 0.427 e. The number of halogens is 2. The van der Waals surface area contributed by atoms with E-state index in [1.54, 1.807) is 42.5 Å². The van der Waals surface area contributed by atoms with Crippen molar-refractivity contribution in [2.45, 2.75) is 26.2 Å². The van der Waals surface area contributed by atoms with Gasteiger partial charge in [0.25, 0.3) is 5.91 Å². The predicted octanol–water partition coefficient (Wildman–Crippen LogP) is 5.34. The molecule has 0 fully saturated rings. The molecule has 0 atom stereocenters. The zero-order valence-corrected chi connectivity index (χ0v) is 14.7. The Morgan fingerprint density at radius 1 is 1.08 bits per heavy atom. The van der Waals surface area contributed by atoms with E-state index in [9.17, 15) is 9.59 Å². The van der Waals surface area contributed by atoms with Gasteiger partial charge in [-0.15, -0.1) is 0 Å². The molecule has 2 aromatic carbocycles. The molecule has 1 N–H and O–H groups in total. The third-order valence-corrected chi connectivity index (χ3v) is 3.82. The van der Waals surface area contributed by atoms with Crippen LogP contribution in [-0.4, -0.2) is 11.9 Å². The molecule has 2 rings (SSSR count). The summed E-state index contributed by atoms with van der Waals surface area (Å²) in [6, 6.07) is 11.1. The maximum Gasteiger partial charge on any atom is 0.311 e. The van der Waals surface area contributed by atoms with Gasteiger partial charge >= 0.3 is 5.97 Å². The minimum Gasteiger partial charge on any atom is -0.427 e. The lowest BCUT2D eigenvalue weighted by Crippen LogP contribution is -2.12. The summed E-state index contributed by atoms with van der Waals surface area (Å²) < 4.78 is 5.20. The molecule has 6 heteroatoms. The van der Waals surface area contributed by atoms with Crippen LogP contribution in [0.25, 0.3) is 0 Å². The van der Waals surface area contributed by atoms with Gasteiger partial charge in [-0.1, -0.05) is 36.5 Å². The number of nitrogens with one attached hydrogen (secondary N) is 1. The van der Waals surface area contributed by atoms with Crippen molar-refractivity contribution < 1.29 is 14.3 Å². The molecule has 0 aliphatic heterocycles. The zero-order chi connectivity index (χ0) is 17.5. The first kappa shape index (κ1) is 18.3. The fourth-order valence-corrected chi connectivity index (χ4v) is 2.30. The molecule has 0 aliphatic carbocycles. The van der Waals surface area contributed by atoms with Crippen LogP contribution in [0.15, 0.2) is 42.5 Å². The molecule has 0 spiro atoms. The monoisotopic (exact) mass is 365 g/mol. The molecule has 24 heavy (non-hydrogen) atoms.